The van der Waals surface area contributed by atoms with Crippen LogP contribution in [0.1, 0.15) is 54.7 Å². The van der Waals surface area contributed by atoms with Crippen LogP contribution in [0, 0.1) is 11.3 Å². The molecule has 0 unspecified atom stereocenters. The lowest BCUT2D eigenvalue weighted by Gasteiger charge is -2.26. The summed E-state index contributed by atoms with van der Waals surface area (Å²) in [6, 6.07) is 10.1. The van der Waals surface area contributed by atoms with E-state index in [0.29, 0.717) is 40.9 Å². The first-order chi connectivity index (χ1) is 16.1. The van der Waals surface area contributed by atoms with Gasteiger partial charge in [0.05, 0.1) is 46.7 Å². The zero-order chi connectivity index (χ0) is 24.0. The molecular weight excluding hydrogens is 422 g/mol. The van der Waals surface area contributed by atoms with Crippen LogP contribution in [-0.2, 0) is 4.74 Å². The maximum absolute atomic E-state index is 9.77. The lowest BCUT2D eigenvalue weighted by atomic mass is 9.88. The predicted octanol–water partition coefficient (Wildman–Crippen LogP) is 5.06. The van der Waals surface area contributed by atoms with Crippen molar-refractivity contribution in [2.45, 2.75) is 44.1 Å². The van der Waals surface area contributed by atoms with Crippen molar-refractivity contribution in [2.24, 2.45) is 0 Å². The monoisotopic (exact) mass is 455 g/mol. The Morgan fingerprint density at radius 1 is 0.788 bits per heavy atom. The summed E-state index contributed by atoms with van der Waals surface area (Å²) in [5.41, 5.74) is 2.55. The van der Waals surface area contributed by atoms with Crippen molar-refractivity contribution >= 4 is 0 Å². The lowest BCUT2D eigenvalue weighted by Crippen LogP contribution is -2.21. The fraction of sp³-hybridized carbons (Fsp3) is 0.500. The third-order valence-electron chi connectivity index (χ3n) is 6.27. The molecule has 0 N–H and O–H groups in total. The van der Waals surface area contributed by atoms with Crippen LogP contribution >= 0.6 is 0 Å². The summed E-state index contributed by atoms with van der Waals surface area (Å²) in [6.45, 7) is 2.55. The Morgan fingerprint density at radius 3 is 1.73 bits per heavy atom. The number of nitriles is 1. The first-order valence-corrected chi connectivity index (χ1v) is 11.1. The zero-order valence-corrected chi connectivity index (χ0v) is 20.3. The van der Waals surface area contributed by atoms with Gasteiger partial charge in [-0.3, -0.25) is 0 Å². The Kier molecular flexibility index (Phi) is 8.29. The van der Waals surface area contributed by atoms with Crippen LogP contribution in [0.5, 0.6) is 28.7 Å². The molecule has 1 aliphatic carbocycles. The van der Waals surface area contributed by atoms with E-state index < -0.39 is 0 Å². The van der Waals surface area contributed by atoms with Crippen LogP contribution < -0.4 is 23.7 Å². The summed E-state index contributed by atoms with van der Waals surface area (Å²) < 4.78 is 34.0. The Morgan fingerprint density at radius 2 is 1.30 bits per heavy atom. The van der Waals surface area contributed by atoms with E-state index in [1.807, 2.05) is 31.2 Å². The molecule has 3 atom stereocenters. The third-order valence-corrected chi connectivity index (χ3v) is 6.27. The fourth-order valence-electron chi connectivity index (χ4n) is 4.75. The molecule has 0 radical (unpaired) electrons. The number of nitrogens with zero attached hydrogens (tertiary/aromatic N) is 1. The van der Waals surface area contributed by atoms with Gasteiger partial charge in [-0.25, -0.2) is 0 Å². The summed E-state index contributed by atoms with van der Waals surface area (Å²) in [5, 5.41) is 9.77. The summed E-state index contributed by atoms with van der Waals surface area (Å²) in [7, 11) is 8.15. The van der Waals surface area contributed by atoms with Crippen LogP contribution in [0.3, 0.4) is 0 Å². The van der Waals surface area contributed by atoms with Gasteiger partial charge in [-0.15, -0.1) is 0 Å². The summed E-state index contributed by atoms with van der Waals surface area (Å²) in [5.74, 6) is 3.11. The van der Waals surface area contributed by atoms with Crippen molar-refractivity contribution in [1.29, 1.82) is 5.26 Å². The topological polar surface area (TPSA) is 79.2 Å². The highest BCUT2D eigenvalue weighted by Gasteiger charge is 2.39. The third kappa shape index (κ3) is 4.81. The molecule has 3 rings (SSSR count). The first kappa shape index (κ1) is 24.5. The molecule has 7 heteroatoms. The largest absolute Gasteiger partial charge is 0.493 e. The molecule has 2 aromatic carbocycles. The van der Waals surface area contributed by atoms with E-state index in [0.717, 1.165) is 30.4 Å². The van der Waals surface area contributed by atoms with Gasteiger partial charge in [-0.1, -0.05) is 6.92 Å². The van der Waals surface area contributed by atoms with Gasteiger partial charge in [0.15, 0.2) is 23.0 Å². The van der Waals surface area contributed by atoms with Crippen LogP contribution in [0.15, 0.2) is 24.3 Å². The van der Waals surface area contributed by atoms with E-state index in [-0.39, 0.29) is 17.9 Å². The number of hydrogen-bond donors (Lipinski definition) is 0. The van der Waals surface area contributed by atoms with Gasteiger partial charge in [-0.05, 0) is 54.7 Å². The minimum atomic E-state index is -0.0912. The highest BCUT2D eigenvalue weighted by atomic mass is 16.5. The number of ether oxygens (including phenoxy) is 6. The van der Waals surface area contributed by atoms with Gasteiger partial charge < -0.3 is 28.4 Å². The van der Waals surface area contributed by atoms with E-state index in [9.17, 15) is 5.26 Å². The van der Waals surface area contributed by atoms with Crippen LogP contribution in [0.25, 0.3) is 0 Å². The molecule has 0 heterocycles. The minimum absolute atomic E-state index is 0.0912. The predicted molar refractivity (Wildman–Crippen MR) is 125 cm³/mol. The first-order valence-electron chi connectivity index (χ1n) is 11.1. The van der Waals surface area contributed by atoms with Gasteiger partial charge in [0.1, 0.15) is 6.07 Å². The van der Waals surface area contributed by atoms with Crippen LogP contribution in [0.4, 0.5) is 0 Å². The molecule has 178 valence electrons. The quantitative estimate of drug-likeness (QED) is 0.495. The van der Waals surface area contributed by atoms with Crippen molar-refractivity contribution in [3.8, 4) is 34.8 Å². The van der Waals surface area contributed by atoms with Crippen LogP contribution in [-0.4, -0.2) is 48.3 Å². The van der Waals surface area contributed by atoms with E-state index >= 15 is 0 Å². The molecule has 0 spiro atoms. The molecule has 1 fully saturated rings. The van der Waals surface area contributed by atoms with Crippen molar-refractivity contribution in [1.82, 2.24) is 0 Å². The van der Waals surface area contributed by atoms with Gasteiger partial charge in [0.2, 0.25) is 5.75 Å². The maximum Gasteiger partial charge on any atom is 0.203 e. The van der Waals surface area contributed by atoms with Gasteiger partial charge in [-0.2, -0.15) is 5.26 Å². The smallest absolute Gasteiger partial charge is 0.203 e. The van der Waals surface area contributed by atoms with E-state index in [1.165, 1.54) is 0 Å². The van der Waals surface area contributed by atoms with Crippen molar-refractivity contribution < 1.29 is 28.4 Å². The highest BCUT2D eigenvalue weighted by Crippen LogP contribution is 2.50. The summed E-state index contributed by atoms with van der Waals surface area (Å²) >= 11 is 0. The maximum atomic E-state index is 9.77. The lowest BCUT2D eigenvalue weighted by molar-refractivity contribution is 0.0805. The Hall–Kier alpha value is -3.11. The van der Waals surface area contributed by atoms with Crippen LogP contribution in [0.2, 0.25) is 0 Å². The minimum Gasteiger partial charge on any atom is -0.493 e. The Balaban J connectivity index is 2.00. The molecule has 0 saturated heterocycles. The SMILES string of the molecule is CCCOc1c(C#N)cc([C@H]2CC[C@H](c3cc(OC)c(OC)c(OC)c3)[C@H]2OC)cc1OC. The van der Waals surface area contributed by atoms with Gasteiger partial charge in [0, 0.05) is 18.9 Å². The molecule has 0 amide bonds. The van der Waals surface area contributed by atoms with E-state index in [1.54, 1.807) is 35.5 Å². The molecule has 2 aromatic rings. The molecule has 0 aromatic heterocycles. The standard InChI is InChI=1S/C26H33NO6/c1-7-10-33-24-18(15-27)11-16(12-21(24)28-2)19-8-9-20(25(19)31-5)17-13-22(29-3)26(32-6)23(14-17)30-4/h11-14,19-20,25H,7-10H2,1-6H3/t19-,20-,25+/m1/s1. The molecule has 0 aliphatic heterocycles. The second-order valence-electron chi connectivity index (χ2n) is 8.01. The average molecular weight is 456 g/mol. The van der Waals surface area contributed by atoms with Crippen molar-refractivity contribution in [2.75, 3.05) is 42.2 Å². The molecule has 33 heavy (non-hydrogen) atoms. The van der Waals surface area contributed by atoms with Gasteiger partial charge >= 0.3 is 0 Å². The molecule has 7 nitrogen and oxygen atoms in total. The summed E-state index contributed by atoms with van der Waals surface area (Å²) in [6.07, 6.45) is 2.58. The second kappa shape index (κ2) is 11.2. The molecular formula is C26H33NO6. The van der Waals surface area contributed by atoms with Crippen molar-refractivity contribution in [3.05, 3.63) is 41.0 Å². The molecule has 1 aliphatic rings. The number of benzene rings is 2. The fourth-order valence-corrected chi connectivity index (χ4v) is 4.75. The van der Waals surface area contributed by atoms with Crippen molar-refractivity contribution in [3.63, 3.8) is 0 Å². The normalized spacial score (nSPS) is 19.6. The Labute approximate surface area is 196 Å². The van der Waals surface area contributed by atoms with Gasteiger partial charge in [0.25, 0.3) is 0 Å². The average Bonchev–Trinajstić information content (AvgIpc) is 3.30. The Bertz CT molecular complexity index is 974. The molecule has 0 bridgehead atoms. The van der Waals surface area contributed by atoms with E-state index in [4.69, 9.17) is 28.4 Å². The number of rotatable bonds is 10. The number of hydrogen-bond acceptors (Lipinski definition) is 7. The highest BCUT2D eigenvalue weighted by molar-refractivity contribution is 5.57. The summed E-state index contributed by atoms with van der Waals surface area (Å²) in [4.78, 5) is 0. The second-order valence-corrected chi connectivity index (χ2v) is 8.01. The number of methoxy groups -OCH3 is 5. The molecule has 1 saturated carbocycles. The zero-order valence-electron chi connectivity index (χ0n) is 20.3. The van der Waals surface area contributed by atoms with E-state index in [2.05, 4.69) is 6.07 Å².